The molecule has 0 amide bonds. The van der Waals surface area contributed by atoms with Gasteiger partial charge in [0.25, 0.3) is 5.56 Å². The standard InChI is InChI=1S/C18H17FN2O4S/c1-8-10(3)26-17-14(8)16(22)20-15(21-17)9(2)25-18(23)11-5-6-13(24-4)12(19)7-11/h5-7,9H,1-4H3,(H,20,21,22)/t9-/m0/s1. The number of carbonyl (C=O) groups is 1. The maximum absolute atomic E-state index is 13.7. The fourth-order valence-electron chi connectivity index (χ4n) is 2.54. The third-order valence-corrected chi connectivity index (χ3v) is 5.21. The van der Waals surface area contributed by atoms with Gasteiger partial charge in [-0.25, -0.2) is 14.2 Å². The molecule has 1 aromatic carbocycles. The first kappa shape index (κ1) is 18.1. The summed E-state index contributed by atoms with van der Waals surface area (Å²) in [5, 5.41) is 0.548. The quantitative estimate of drug-likeness (QED) is 0.703. The third-order valence-electron chi connectivity index (χ3n) is 4.11. The van der Waals surface area contributed by atoms with E-state index < -0.39 is 17.9 Å². The number of hydrogen-bond donors (Lipinski definition) is 1. The lowest BCUT2D eigenvalue weighted by molar-refractivity contribution is 0.0319. The molecule has 2 aromatic heterocycles. The molecule has 26 heavy (non-hydrogen) atoms. The first-order chi connectivity index (χ1) is 12.3. The average Bonchev–Trinajstić information content (AvgIpc) is 2.89. The summed E-state index contributed by atoms with van der Waals surface area (Å²) < 4.78 is 23.9. The largest absolute Gasteiger partial charge is 0.494 e. The van der Waals surface area contributed by atoms with Crippen molar-refractivity contribution in [3.63, 3.8) is 0 Å². The second-order valence-corrected chi connectivity index (χ2v) is 7.01. The smallest absolute Gasteiger partial charge is 0.338 e. The number of thiophene rings is 1. The highest BCUT2D eigenvalue weighted by atomic mass is 32.1. The Balaban J connectivity index is 1.87. The van der Waals surface area contributed by atoms with E-state index in [4.69, 9.17) is 9.47 Å². The van der Waals surface area contributed by atoms with E-state index in [1.54, 1.807) is 6.92 Å². The zero-order valence-corrected chi connectivity index (χ0v) is 15.5. The zero-order valence-electron chi connectivity index (χ0n) is 14.7. The van der Waals surface area contributed by atoms with Crippen LogP contribution in [-0.4, -0.2) is 23.0 Å². The second kappa shape index (κ2) is 6.87. The Kier molecular flexibility index (Phi) is 4.78. The minimum absolute atomic E-state index is 0.0366. The molecule has 2 heterocycles. The zero-order chi connectivity index (χ0) is 19.0. The first-order valence-electron chi connectivity index (χ1n) is 7.86. The van der Waals surface area contributed by atoms with Crippen molar-refractivity contribution in [2.75, 3.05) is 7.11 Å². The molecule has 136 valence electrons. The number of rotatable bonds is 4. The van der Waals surface area contributed by atoms with Crippen molar-refractivity contribution in [3.8, 4) is 5.75 Å². The lowest BCUT2D eigenvalue weighted by Crippen LogP contribution is -2.17. The van der Waals surface area contributed by atoms with Crippen LogP contribution in [0.3, 0.4) is 0 Å². The number of nitrogens with one attached hydrogen (secondary N) is 1. The molecule has 8 heteroatoms. The van der Waals surface area contributed by atoms with E-state index in [0.717, 1.165) is 16.5 Å². The number of ether oxygens (including phenoxy) is 2. The molecule has 0 radical (unpaired) electrons. The van der Waals surface area contributed by atoms with E-state index in [9.17, 15) is 14.0 Å². The van der Waals surface area contributed by atoms with Crippen LogP contribution in [0.2, 0.25) is 0 Å². The maximum Gasteiger partial charge on any atom is 0.338 e. The molecule has 3 aromatic rings. The van der Waals surface area contributed by atoms with Crippen LogP contribution >= 0.6 is 11.3 Å². The monoisotopic (exact) mass is 376 g/mol. The van der Waals surface area contributed by atoms with Gasteiger partial charge in [-0.05, 0) is 44.5 Å². The van der Waals surface area contributed by atoms with E-state index in [2.05, 4.69) is 9.97 Å². The summed E-state index contributed by atoms with van der Waals surface area (Å²) in [4.78, 5) is 33.2. The summed E-state index contributed by atoms with van der Waals surface area (Å²) in [6.07, 6.45) is -0.799. The van der Waals surface area contributed by atoms with Gasteiger partial charge in [0, 0.05) is 4.88 Å². The fourth-order valence-corrected chi connectivity index (χ4v) is 3.58. The van der Waals surface area contributed by atoms with Gasteiger partial charge in [-0.3, -0.25) is 4.79 Å². The van der Waals surface area contributed by atoms with Crippen molar-refractivity contribution < 1.29 is 18.7 Å². The predicted octanol–water partition coefficient (Wildman–Crippen LogP) is 3.67. The van der Waals surface area contributed by atoms with Crippen LogP contribution in [0.25, 0.3) is 10.2 Å². The summed E-state index contributed by atoms with van der Waals surface area (Å²) in [5.74, 6) is -1.10. The molecular weight excluding hydrogens is 359 g/mol. The highest BCUT2D eigenvalue weighted by molar-refractivity contribution is 7.18. The third kappa shape index (κ3) is 3.20. The molecule has 6 nitrogen and oxygen atoms in total. The molecule has 0 aliphatic heterocycles. The van der Waals surface area contributed by atoms with Gasteiger partial charge in [0.1, 0.15) is 4.83 Å². The summed E-state index contributed by atoms with van der Waals surface area (Å²) >= 11 is 1.41. The number of aromatic amines is 1. The molecule has 0 aliphatic rings. The van der Waals surface area contributed by atoms with Gasteiger partial charge >= 0.3 is 5.97 Å². The Morgan fingerprint density at radius 3 is 2.73 bits per heavy atom. The van der Waals surface area contributed by atoms with Gasteiger partial charge in [-0.15, -0.1) is 11.3 Å². The van der Waals surface area contributed by atoms with Crippen molar-refractivity contribution in [2.24, 2.45) is 0 Å². The normalized spacial score (nSPS) is 12.2. The van der Waals surface area contributed by atoms with Crippen LogP contribution in [0.1, 0.15) is 39.7 Å². The number of aromatic nitrogens is 2. The van der Waals surface area contributed by atoms with E-state index in [-0.39, 0.29) is 22.7 Å². The minimum Gasteiger partial charge on any atom is -0.494 e. The molecular formula is C18H17FN2O4S. The maximum atomic E-state index is 13.7. The van der Waals surface area contributed by atoms with Crippen molar-refractivity contribution in [2.45, 2.75) is 26.9 Å². The van der Waals surface area contributed by atoms with E-state index in [1.165, 1.54) is 30.6 Å². The number of carbonyl (C=O) groups excluding carboxylic acids is 1. The van der Waals surface area contributed by atoms with Crippen LogP contribution in [0.5, 0.6) is 5.75 Å². The van der Waals surface area contributed by atoms with Crippen LogP contribution in [0.15, 0.2) is 23.0 Å². The number of aryl methyl sites for hydroxylation is 2. The van der Waals surface area contributed by atoms with Crippen molar-refractivity contribution >= 4 is 27.5 Å². The van der Waals surface area contributed by atoms with Crippen LogP contribution in [-0.2, 0) is 4.74 Å². The van der Waals surface area contributed by atoms with Crippen molar-refractivity contribution in [1.82, 2.24) is 9.97 Å². The highest BCUT2D eigenvalue weighted by Crippen LogP contribution is 2.27. The van der Waals surface area contributed by atoms with E-state index >= 15 is 0 Å². The molecule has 0 bridgehead atoms. The Morgan fingerprint density at radius 2 is 2.08 bits per heavy atom. The summed E-state index contributed by atoms with van der Waals surface area (Å²) in [5.41, 5.74) is 0.662. The first-order valence-corrected chi connectivity index (χ1v) is 8.68. The fraction of sp³-hybridized carbons (Fsp3) is 0.278. The second-order valence-electron chi connectivity index (χ2n) is 5.81. The van der Waals surface area contributed by atoms with Gasteiger partial charge in [-0.2, -0.15) is 0 Å². The van der Waals surface area contributed by atoms with Gasteiger partial charge in [0.2, 0.25) is 0 Å². The SMILES string of the molecule is COc1ccc(C(=O)O[C@@H](C)c2nc3sc(C)c(C)c3c(=O)[nH]2)cc1F. The Bertz CT molecular complexity index is 1060. The highest BCUT2D eigenvalue weighted by Gasteiger charge is 2.20. The van der Waals surface area contributed by atoms with Gasteiger partial charge in [0.05, 0.1) is 18.1 Å². The number of hydrogen-bond acceptors (Lipinski definition) is 6. The van der Waals surface area contributed by atoms with Crippen LogP contribution in [0.4, 0.5) is 4.39 Å². The molecule has 1 N–H and O–H groups in total. The Morgan fingerprint density at radius 1 is 1.35 bits per heavy atom. The van der Waals surface area contributed by atoms with Gasteiger partial charge < -0.3 is 14.5 Å². The van der Waals surface area contributed by atoms with Crippen molar-refractivity contribution in [1.29, 1.82) is 0 Å². The molecule has 0 unspecified atom stereocenters. The average molecular weight is 376 g/mol. The van der Waals surface area contributed by atoms with Crippen LogP contribution in [0, 0.1) is 19.7 Å². The molecule has 0 saturated carbocycles. The van der Waals surface area contributed by atoms with Crippen LogP contribution < -0.4 is 10.3 Å². The number of benzene rings is 1. The number of halogens is 1. The lowest BCUT2D eigenvalue weighted by atomic mass is 10.2. The van der Waals surface area contributed by atoms with E-state index in [0.29, 0.717) is 10.2 Å². The molecule has 0 spiro atoms. The van der Waals surface area contributed by atoms with Gasteiger partial charge in [-0.1, -0.05) is 0 Å². The predicted molar refractivity (Wildman–Crippen MR) is 96.5 cm³/mol. The molecule has 3 rings (SSSR count). The number of H-pyrrole nitrogens is 1. The number of fused-ring (bicyclic) bond motifs is 1. The molecule has 0 aliphatic carbocycles. The Hall–Kier alpha value is -2.74. The molecule has 0 fully saturated rings. The minimum atomic E-state index is -0.799. The van der Waals surface area contributed by atoms with E-state index in [1.807, 2.05) is 13.8 Å². The molecule has 1 atom stereocenters. The summed E-state index contributed by atoms with van der Waals surface area (Å²) in [6.45, 7) is 5.38. The summed E-state index contributed by atoms with van der Waals surface area (Å²) in [7, 11) is 1.34. The number of esters is 1. The molecule has 0 saturated heterocycles. The Labute approximate surface area is 152 Å². The summed E-state index contributed by atoms with van der Waals surface area (Å²) in [6, 6.07) is 3.79. The van der Waals surface area contributed by atoms with Gasteiger partial charge in [0.15, 0.2) is 23.5 Å². The number of nitrogens with zero attached hydrogens (tertiary/aromatic N) is 1. The van der Waals surface area contributed by atoms with Crippen molar-refractivity contribution in [3.05, 3.63) is 56.2 Å². The lowest BCUT2D eigenvalue weighted by Gasteiger charge is -2.13. The number of methoxy groups -OCH3 is 1. The topological polar surface area (TPSA) is 81.3 Å².